The first-order valence-corrected chi connectivity index (χ1v) is 6.94. The van der Waals surface area contributed by atoms with Crippen LogP contribution in [0.4, 0.5) is 5.82 Å². The minimum atomic E-state index is 0.898. The van der Waals surface area contributed by atoms with Crippen molar-refractivity contribution in [1.29, 1.82) is 0 Å². The third kappa shape index (κ3) is 2.25. The lowest BCUT2D eigenvalue weighted by atomic mass is 10.1. The molecule has 0 spiro atoms. The van der Waals surface area contributed by atoms with Crippen molar-refractivity contribution in [3.8, 4) is 11.1 Å². The van der Waals surface area contributed by atoms with Crippen LogP contribution in [-0.2, 0) is 0 Å². The van der Waals surface area contributed by atoms with Crippen LogP contribution in [0.3, 0.4) is 0 Å². The molecular weight excluding hydrogens is 248 g/mol. The molecule has 0 aliphatic rings. The summed E-state index contributed by atoms with van der Waals surface area (Å²) in [4.78, 5) is 4.64. The van der Waals surface area contributed by atoms with Crippen LogP contribution in [0.5, 0.6) is 0 Å². The Kier molecular flexibility index (Phi) is 3.37. The minimum Gasteiger partial charge on any atom is -0.370 e. The molecular formula is C16H18N4. The van der Waals surface area contributed by atoms with Gasteiger partial charge in [0.25, 0.3) is 0 Å². The van der Waals surface area contributed by atoms with E-state index in [1.807, 2.05) is 41.9 Å². The van der Waals surface area contributed by atoms with E-state index in [4.69, 9.17) is 0 Å². The number of hydrogen-bond donors (Lipinski definition) is 1. The van der Waals surface area contributed by atoms with Crippen molar-refractivity contribution in [2.75, 3.05) is 11.9 Å². The summed E-state index contributed by atoms with van der Waals surface area (Å²) in [7, 11) is 0. The number of hydrogen-bond acceptors (Lipinski definition) is 3. The van der Waals surface area contributed by atoms with Gasteiger partial charge in [0.2, 0.25) is 0 Å². The van der Waals surface area contributed by atoms with Gasteiger partial charge in [0.05, 0.1) is 6.20 Å². The molecule has 3 rings (SSSR count). The molecule has 0 atom stereocenters. The highest BCUT2D eigenvalue weighted by molar-refractivity contribution is 5.78. The molecule has 4 heteroatoms. The van der Waals surface area contributed by atoms with E-state index < -0.39 is 0 Å². The van der Waals surface area contributed by atoms with Gasteiger partial charge >= 0.3 is 0 Å². The molecule has 0 saturated heterocycles. The molecule has 0 radical (unpaired) electrons. The molecule has 0 bridgehead atoms. The number of aromatic nitrogens is 3. The number of fused-ring (bicyclic) bond motifs is 1. The van der Waals surface area contributed by atoms with Crippen LogP contribution in [0.25, 0.3) is 16.8 Å². The van der Waals surface area contributed by atoms with Gasteiger partial charge in [0, 0.05) is 23.9 Å². The summed E-state index contributed by atoms with van der Waals surface area (Å²) in [5, 5.41) is 7.88. The van der Waals surface area contributed by atoms with E-state index in [0.717, 1.165) is 41.3 Å². The highest BCUT2D eigenvalue weighted by Crippen LogP contribution is 2.25. The zero-order valence-corrected chi connectivity index (χ0v) is 11.8. The second kappa shape index (κ2) is 5.33. The van der Waals surface area contributed by atoms with Gasteiger partial charge in [-0.1, -0.05) is 37.3 Å². The van der Waals surface area contributed by atoms with Crippen LogP contribution < -0.4 is 5.32 Å². The molecule has 0 unspecified atom stereocenters. The molecule has 2 aromatic heterocycles. The Bertz CT molecular complexity index is 716. The van der Waals surface area contributed by atoms with Crippen molar-refractivity contribution in [2.24, 2.45) is 0 Å². The van der Waals surface area contributed by atoms with Crippen molar-refractivity contribution in [3.63, 3.8) is 0 Å². The molecule has 0 saturated carbocycles. The quantitative estimate of drug-likeness (QED) is 0.785. The molecule has 1 aromatic carbocycles. The second-order valence-electron chi connectivity index (χ2n) is 4.87. The van der Waals surface area contributed by atoms with Crippen molar-refractivity contribution in [1.82, 2.24) is 14.6 Å². The lowest BCUT2D eigenvalue weighted by molar-refractivity contribution is 0.897. The van der Waals surface area contributed by atoms with Crippen molar-refractivity contribution in [3.05, 3.63) is 48.3 Å². The monoisotopic (exact) mass is 266 g/mol. The number of nitrogens with one attached hydrogen (secondary N) is 1. The number of anilines is 1. The highest BCUT2D eigenvalue weighted by atomic mass is 15.3. The molecule has 2 heterocycles. The first-order valence-electron chi connectivity index (χ1n) is 6.94. The third-order valence-corrected chi connectivity index (χ3v) is 3.24. The van der Waals surface area contributed by atoms with Gasteiger partial charge in [0.1, 0.15) is 5.82 Å². The van der Waals surface area contributed by atoms with E-state index in [1.165, 1.54) is 0 Å². The minimum absolute atomic E-state index is 0.898. The molecule has 1 N–H and O–H groups in total. The van der Waals surface area contributed by atoms with Crippen LogP contribution in [0, 0.1) is 6.92 Å². The maximum atomic E-state index is 4.64. The van der Waals surface area contributed by atoms with E-state index in [1.54, 1.807) is 0 Å². The number of benzene rings is 1. The van der Waals surface area contributed by atoms with E-state index in [9.17, 15) is 0 Å². The third-order valence-electron chi connectivity index (χ3n) is 3.24. The molecule has 102 valence electrons. The zero-order valence-electron chi connectivity index (χ0n) is 11.8. The van der Waals surface area contributed by atoms with Crippen LogP contribution in [0.2, 0.25) is 0 Å². The van der Waals surface area contributed by atoms with Crippen molar-refractivity contribution < 1.29 is 0 Å². The number of nitrogens with zero attached hydrogens (tertiary/aromatic N) is 3. The van der Waals surface area contributed by atoms with Gasteiger partial charge in [-0.15, -0.1) is 0 Å². The zero-order chi connectivity index (χ0) is 13.9. The van der Waals surface area contributed by atoms with Gasteiger partial charge in [-0.3, -0.25) is 0 Å². The Labute approximate surface area is 118 Å². The predicted molar refractivity (Wildman–Crippen MR) is 81.9 cm³/mol. The maximum absolute atomic E-state index is 4.64. The van der Waals surface area contributed by atoms with Crippen LogP contribution in [-0.4, -0.2) is 21.1 Å². The molecule has 4 nitrogen and oxygen atoms in total. The summed E-state index contributed by atoms with van der Waals surface area (Å²) in [5.41, 5.74) is 4.10. The fraction of sp³-hybridized carbons (Fsp3) is 0.250. The van der Waals surface area contributed by atoms with Crippen LogP contribution in [0.1, 0.15) is 19.0 Å². The maximum Gasteiger partial charge on any atom is 0.165 e. The summed E-state index contributed by atoms with van der Waals surface area (Å²) in [5.74, 6) is 0.997. The SMILES string of the molecule is CCCNc1cc(C)nc2c(-c3ccccc3)cnn12. The summed E-state index contributed by atoms with van der Waals surface area (Å²) in [6.45, 7) is 5.09. The van der Waals surface area contributed by atoms with Crippen molar-refractivity contribution in [2.45, 2.75) is 20.3 Å². The lowest BCUT2D eigenvalue weighted by Gasteiger charge is -2.08. The van der Waals surface area contributed by atoms with Gasteiger partial charge in [-0.25, -0.2) is 4.98 Å². The summed E-state index contributed by atoms with van der Waals surface area (Å²) >= 11 is 0. The lowest BCUT2D eigenvalue weighted by Crippen LogP contribution is -2.07. The Morgan fingerprint density at radius 1 is 1.20 bits per heavy atom. The normalized spacial score (nSPS) is 10.9. The Morgan fingerprint density at radius 3 is 2.75 bits per heavy atom. The van der Waals surface area contributed by atoms with E-state index >= 15 is 0 Å². The van der Waals surface area contributed by atoms with Gasteiger partial charge in [-0.05, 0) is 18.9 Å². The highest BCUT2D eigenvalue weighted by Gasteiger charge is 2.11. The number of rotatable bonds is 4. The average Bonchev–Trinajstić information content (AvgIpc) is 2.89. The van der Waals surface area contributed by atoms with E-state index in [2.05, 4.69) is 34.5 Å². The fourth-order valence-corrected chi connectivity index (χ4v) is 2.28. The topological polar surface area (TPSA) is 42.2 Å². The molecule has 0 amide bonds. The summed E-state index contributed by atoms with van der Waals surface area (Å²) in [6, 6.07) is 12.3. The summed E-state index contributed by atoms with van der Waals surface area (Å²) < 4.78 is 1.88. The first-order chi connectivity index (χ1) is 9.79. The van der Waals surface area contributed by atoms with Crippen LogP contribution >= 0.6 is 0 Å². The fourth-order valence-electron chi connectivity index (χ4n) is 2.28. The smallest absolute Gasteiger partial charge is 0.165 e. The Balaban J connectivity index is 2.15. The van der Waals surface area contributed by atoms with Gasteiger partial charge < -0.3 is 5.32 Å². The van der Waals surface area contributed by atoms with Gasteiger partial charge in [0.15, 0.2) is 5.65 Å². The van der Waals surface area contributed by atoms with Crippen molar-refractivity contribution >= 4 is 11.5 Å². The second-order valence-corrected chi connectivity index (χ2v) is 4.87. The van der Waals surface area contributed by atoms with Crippen LogP contribution in [0.15, 0.2) is 42.6 Å². The summed E-state index contributed by atoms with van der Waals surface area (Å²) in [6.07, 6.45) is 2.96. The predicted octanol–water partition coefficient (Wildman–Crippen LogP) is 3.53. The standard InChI is InChI=1S/C16H18N4/c1-3-9-17-15-10-12(2)19-16-14(11-18-20(15)16)13-7-5-4-6-8-13/h4-8,10-11,17H,3,9H2,1-2H3. The first kappa shape index (κ1) is 12.7. The van der Waals surface area contributed by atoms with Gasteiger partial charge in [-0.2, -0.15) is 9.61 Å². The molecule has 20 heavy (non-hydrogen) atoms. The molecule has 3 aromatic rings. The Hall–Kier alpha value is -2.36. The van der Waals surface area contributed by atoms with E-state index in [0.29, 0.717) is 0 Å². The molecule has 0 fully saturated rings. The largest absolute Gasteiger partial charge is 0.370 e. The Morgan fingerprint density at radius 2 is 2.00 bits per heavy atom. The van der Waals surface area contributed by atoms with E-state index in [-0.39, 0.29) is 0 Å². The number of aryl methyl sites for hydroxylation is 1. The molecule has 0 aliphatic heterocycles. The average molecular weight is 266 g/mol. The molecule has 0 aliphatic carbocycles.